The fourth-order valence-electron chi connectivity index (χ4n) is 1.60. The summed E-state index contributed by atoms with van der Waals surface area (Å²) in [6.45, 7) is 0.171. The Hall–Kier alpha value is -1.39. The van der Waals surface area contributed by atoms with Crippen LogP contribution in [0.5, 0.6) is 5.75 Å². The van der Waals surface area contributed by atoms with Crippen molar-refractivity contribution in [3.8, 4) is 5.75 Å². The van der Waals surface area contributed by atoms with Crippen molar-refractivity contribution >= 4 is 15.9 Å². The molecule has 1 N–H and O–H groups in total. The Morgan fingerprint density at radius 2 is 2.00 bits per heavy atom. The number of hydrogen-bond acceptors (Lipinski definition) is 2. The van der Waals surface area contributed by atoms with E-state index in [1.54, 1.807) is 24.3 Å². The zero-order valence-corrected chi connectivity index (χ0v) is 11.2. The fraction of sp³-hybridized carbons (Fsp3) is 0.143. The molecule has 0 bridgehead atoms. The first-order valence-electron chi connectivity index (χ1n) is 5.45. The first-order valence-corrected chi connectivity index (χ1v) is 6.25. The molecule has 0 saturated carbocycles. The molecule has 2 aromatic rings. The highest BCUT2D eigenvalue weighted by Gasteiger charge is 2.04. The van der Waals surface area contributed by atoms with Crippen LogP contribution in [0.25, 0.3) is 0 Å². The molecule has 0 radical (unpaired) electrons. The molecule has 94 valence electrons. The summed E-state index contributed by atoms with van der Waals surface area (Å²) in [7, 11) is 0. The van der Waals surface area contributed by atoms with E-state index in [0.29, 0.717) is 11.3 Å². The molecule has 2 aromatic carbocycles. The van der Waals surface area contributed by atoms with Crippen LogP contribution in [0.15, 0.2) is 46.9 Å². The molecule has 18 heavy (non-hydrogen) atoms. The van der Waals surface area contributed by atoms with Crippen molar-refractivity contribution in [3.63, 3.8) is 0 Å². The molecular formula is C14H12BrFO2. The van der Waals surface area contributed by atoms with Crippen LogP contribution in [0, 0.1) is 5.82 Å². The third-order valence-corrected chi connectivity index (χ3v) is 2.97. The van der Waals surface area contributed by atoms with Crippen molar-refractivity contribution in [1.82, 2.24) is 0 Å². The van der Waals surface area contributed by atoms with E-state index in [1.807, 2.05) is 6.07 Å². The summed E-state index contributed by atoms with van der Waals surface area (Å²) in [6, 6.07) is 11.7. The van der Waals surface area contributed by atoms with Crippen molar-refractivity contribution in [2.75, 3.05) is 0 Å². The van der Waals surface area contributed by atoms with Crippen molar-refractivity contribution < 1.29 is 14.2 Å². The Morgan fingerprint density at radius 1 is 1.17 bits per heavy atom. The number of halogens is 2. The van der Waals surface area contributed by atoms with Gasteiger partial charge in [-0.05, 0) is 35.9 Å². The number of hydrogen-bond donors (Lipinski definition) is 1. The SMILES string of the molecule is OCc1cc(Br)ccc1OCc1cccc(F)c1. The summed E-state index contributed by atoms with van der Waals surface area (Å²) >= 11 is 3.33. The van der Waals surface area contributed by atoms with Gasteiger partial charge >= 0.3 is 0 Å². The van der Waals surface area contributed by atoms with Gasteiger partial charge in [-0.15, -0.1) is 0 Å². The predicted octanol–water partition coefficient (Wildman–Crippen LogP) is 3.66. The molecule has 0 aromatic heterocycles. The highest BCUT2D eigenvalue weighted by Crippen LogP contribution is 2.24. The largest absolute Gasteiger partial charge is 0.489 e. The molecule has 0 amide bonds. The van der Waals surface area contributed by atoms with E-state index in [2.05, 4.69) is 15.9 Å². The number of ether oxygens (including phenoxy) is 1. The summed E-state index contributed by atoms with van der Waals surface area (Å²) in [4.78, 5) is 0. The second kappa shape index (κ2) is 5.98. The average molecular weight is 311 g/mol. The molecule has 0 spiro atoms. The standard InChI is InChI=1S/C14H12BrFO2/c15-12-4-5-14(11(7-12)8-17)18-9-10-2-1-3-13(16)6-10/h1-7,17H,8-9H2. The van der Waals surface area contributed by atoms with Gasteiger partial charge in [0.25, 0.3) is 0 Å². The van der Waals surface area contributed by atoms with Crippen LogP contribution in [0.1, 0.15) is 11.1 Å². The minimum absolute atomic E-state index is 0.0993. The minimum atomic E-state index is -0.283. The molecule has 0 unspecified atom stereocenters. The van der Waals surface area contributed by atoms with Crippen LogP contribution in [-0.4, -0.2) is 5.11 Å². The molecule has 4 heteroatoms. The van der Waals surface area contributed by atoms with Crippen LogP contribution in [0.2, 0.25) is 0 Å². The topological polar surface area (TPSA) is 29.5 Å². The lowest BCUT2D eigenvalue weighted by Gasteiger charge is -2.10. The Labute approximate surface area is 113 Å². The van der Waals surface area contributed by atoms with Gasteiger partial charge in [-0.2, -0.15) is 0 Å². The third-order valence-electron chi connectivity index (χ3n) is 2.48. The number of aliphatic hydroxyl groups is 1. The molecule has 0 heterocycles. The van der Waals surface area contributed by atoms with Gasteiger partial charge in [-0.3, -0.25) is 0 Å². The summed E-state index contributed by atoms with van der Waals surface area (Å²) < 4.78 is 19.4. The van der Waals surface area contributed by atoms with Gasteiger partial charge < -0.3 is 9.84 Å². The first kappa shape index (κ1) is 13.1. The summed E-state index contributed by atoms with van der Waals surface area (Å²) in [6.07, 6.45) is 0. The van der Waals surface area contributed by atoms with Gasteiger partial charge in [0.15, 0.2) is 0 Å². The fourth-order valence-corrected chi connectivity index (χ4v) is 2.01. The second-order valence-electron chi connectivity index (χ2n) is 3.83. The summed E-state index contributed by atoms with van der Waals surface area (Å²) in [5, 5.41) is 9.22. The van der Waals surface area contributed by atoms with Gasteiger partial charge in [0, 0.05) is 10.0 Å². The van der Waals surface area contributed by atoms with Crippen molar-refractivity contribution in [1.29, 1.82) is 0 Å². The Kier molecular flexibility index (Phi) is 4.33. The van der Waals surface area contributed by atoms with Crippen molar-refractivity contribution in [3.05, 3.63) is 63.9 Å². The molecule has 2 nitrogen and oxygen atoms in total. The van der Waals surface area contributed by atoms with Gasteiger partial charge in [0.05, 0.1) is 6.61 Å². The Bertz CT molecular complexity index is 543. The zero-order chi connectivity index (χ0) is 13.0. The number of benzene rings is 2. The quantitative estimate of drug-likeness (QED) is 0.934. The van der Waals surface area contributed by atoms with Crippen LogP contribution in [0.3, 0.4) is 0 Å². The summed E-state index contributed by atoms with van der Waals surface area (Å²) in [5.74, 6) is 0.319. The van der Waals surface area contributed by atoms with Crippen LogP contribution < -0.4 is 4.74 Å². The molecule has 0 aliphatic heterocycles. The average Bonchev–Trinajstić information content (AvgIpc) is 2.37. The second-order valence-corrected chi connectivity index (χ2v) is 4.74. The van der Waals surface area contributed by atoms with Gasteiger partial charge in [0.1, 0.15) is 18.2 Å². The van der Waals surface area contributed by atoms with E-state index in [9.17, 15) is 9.50 Å². The monoisotopic (exact) mass is 310 g/mol. The first-order chi connectivity index (χ1) is 8.69. The highest BCUT2D eigenvalue weighted by atomic mass is 79.9. The van der Waals surface area contributed by atoms with E-state index in [4.69, 9.17) is 4.74 Å². The zero-order valence-electron chi connectivity index (χ0n) is 9.57. The van der Waals surface area contributed by atoms with E-state index < -0.39 is 0 Å². The van der Waals surface area contributed by atoms with E-state index in [-0.39, 0.29) is 19.0 Å². The van der Waals surface area contributed by atoms with Gasteiger partial charge in [-0.1, -0.05) is 28.1 Å². The third kappa shape index (κ3) is 3.31. The van der Waals surface area contributed by atoms with E-state index >= 15 is 0 Å². The number of aliphatic hydroxyl groups excluding tert-OH is 1. The van der Waals surface area contributed by atoms with E-state index in [1.165, 1.54) is 12.1 Å². The lowest BCUT2D eigenvalue weighted by molar-refractivity contribution is 0.258. The Balaban J connectivity index is 2.10. The molecule has 0 aliphatic rings. The van der Waals surface area contributed by atoms with Gasteiger partial charge in [0.2, 0.25) is 0 Å². The van der Waals surface area contributed by atoms with Crippen LogP contribution in [0.4, 0.5) is 4.39 Å². The molecule has 0 atom stereocenters. The highest BCUT2D eigenvalue weighted by molar-refractivity contribution is 9.10. The van der Waals surface area contributed by atoms with Crippen LogP contribution >= 0.6 is 15.9 Å². The smallest absolute Gasteiger partial charge is 0.125 e. The molecular weight excluding hydrogens is 299 g/mol. The number of rotatable bonds is 4. The summed E-state index contributed by atoms with van der Waals surface area (Å²) in [5.41, 5.74) is 1.45. The maximum Gasteiger partial charge on any atom is 0.125 e. The Morgan fingerprint density at radius 3 is 2.72 bits per heavy atom. The normalized spacial score (nSPS) is 10.4. The van der Waals surface area contributed by atoms with Crippen LogP contribution in [-0.2, 0) is 13.2 Å². The maximum atomic E-state index is 13.0. The van der Waals surface area contributed by atoms with Crippen molar-refractivity contribution in [2.24, 2.45) is 0 Å². The molecule has 0 fully saturated rings. The van der Waals surface area contributed by atoms with Gasteiger partial charge in [-0.25, -0.2) is 4.39 Å². The molecule has 0 saturated heterocycles. The lowest BCUT2D eigenvalue weighted by atomic mass is 10.2. The molecule has 0 aliphatic carbocycles. The van der Waals surface area contributed by atoms with Crippen molar-refractivity contribution in [2.45, 2.75) is 13.2 Å². The predicted molar refractivity (Wildman–Crippen MR) is 70.8 cm³/mol. The molecule has 2 rings (SSSR count). The van der Waals surface area contributed by atoms with E-state index in [0.717, 1.165) is 10.0 Å². The lowest BCUT2D eigenvalue weighted by Crippen LogP contribution is -1.99. The minimum Gasteiger partial charge on any atom is -0.489 e. The maximum absolute atomic E-state index is 13.0.